The number of nitrogens with zero attached hydrogens (tertiary/aromatic N) is 3. The first-order valence-electron chi connectivity index (χ1n) is 11.4. The van der Waals surface area contributed by atoms with Crippen LogP contribution >= 0.6 is 0 Å². The van der Waals surface area contributed by atoms with Gasteiger partial charge >= 0.3 is 0 Å². The number of carbonyl (C=O) groups is 1. The average molecular weight is 451 g/mol. The molecule has 1 fully saturated rings. The maximum atomic E-state index is 13.2. The molecule has 1 aromatic carbocycles. The summed E-state index contributed by atoms with van der Waals surface area (Å²) in [6.07, 6.45) is 8.41. The van der Waals surface area contributed by atoms with E-state index in [1.165, 1.54) is 6.20 Å². The van der Waals surface area contributed by atoms with Crippen molar-refractivity contribution in [3.63, 3.8) is 0 Å². The maximum Gasteiger partial charge on any atom is 0.261 e. The van der Waals surface area contributed by atoms with E-state index in [1.54, 1.807) is 17.8 Å². The largest absolute Gasteiger partial charge is 0.494 e. The molecule has 0 bridgehead atoms. The van der Waals surface area contributed by atoms with E-state index in [-0.39, 0.29) is 23.6 Å². The highest BCUT2D eigenvalue weighted by atomic mass is 16.5. The van der Waals surface area contributed by atoms with E-state index in [4.69, 9.17) is 15.2 Å². The van der Waals surface area contributed by atoms with Gasteiger partial charge in [-0.25, -0.2) is 9.50 Å². The van der Waals surface area contributed by atoms with Crippen LogP contribution in [-0.4, -0.2) is 45.3 Å². The summed E-state index contributed by atoms with van der Waals surface area (Å²) in [5.41, 5.74) is 8.47. The van der Waals surface area contributed by atoms with E-state index >= 15 is 0 Å². The molecule has 1 aliphatic heterocycles. The van der Waals surface area contributed by atoms with Crippen molar-refractivity contribution in [1.29, 1.82) is 0 Å². The molecule has 2 aromatic heterocycles. The van der Waals surface area contributed by atoms with Gasteiger partial charge in [0.05, 0.1) is 19.0 Å². The number of benzene rings is 1. The minimum Gasteiger partial charge on any atom is -0.494 e. The summed E-state index contributed by atoms with van der Waals surface area (Å²) in [6, 6.07) is 5.87. The lowest BCUT2D eigenvalue weighted by Crippen LogP contribution is -2.42. The molecule has 1 saturated carbocycles. The molecule has 0 spiro atoms. The van der Waals surface area contributed by atoms with Crippen LogP contribution in [-0.2, 0) is 6.42 Å². The second-order valence-electron chi connectivity index (χ2n) is 9.49. The molecule has 0 radical (unpaired) electrons. The zero-order chi connectivity index (χ0) is 23.2. The Hall–Kier alpha value is -3.33. The number of nitrogens with one attached hydrogen (secondary N) is 2. The van der Waals surface area contributed by atoms with E-state index in [2.05, 4.69) is 20.7 Å². The number of carbonyl (C=O) groups excluding carboxylic acids is 1. The molecule has 2 atom stereocenters. The average Bonchev–Trinajstić information content (AvgIpc) is 3.33. The topological polar surface area (TPSA) is 116 Å². The Balaban J connectivity index is 1.40. The highest BCUT2D eigenvalue weighted by Gasteiger charge is 2.31. The van der Waals surface area contributed by atoms with Crippen molar-refractivity contribution < 1.29 is 14.3 Å². The van der Waals surface area contributed by atoms with Gasteiger partial charge in [-0.3, -0.25) is 4.79 Å². The standard InChI is InChI=1S/C24H30N6O3/c1-24(2)12-14-10-18(20(32-3)11-19(14)33-24)28-23(31)15-13-26-30-9-8-21(29-22(15)30)27-17-7-5-4-6-16(17)25/h8-11,13,16-17H,4-7,12,25H2,1-3H3,(H,27,29)(H,28,31)/t16-,17+/m0/s1. The van der Waals surface area contributed by atoms with Crippen LogP contribution in [0, 0.1) is 0 Å². The van der Waals surface area contributed by atoms with E-state index in [0.29, 0.717) is 28.5 Å². The van der Waals surface area contributed by atoms with Gasteiger partial charge in [0, 0.05) is 36.3 Å². The number of amides is 1. The lowest BCUT2D eigenvalue weighted by molar-refractivity contribution is 0.102. The van der Waals surface area contributed by atoms with Gasteiger partial charge in [0.25, 0.3) is 5.91 Å². The van der Waals surface area contributed by atoms with E-state index in [0.717, 1.165) is 43.4 Å². The third-order valence-corrected chi connectivity index (χ3v) is 6.40. The molecule has 174 valence electrons. The van der Waals surface area contributed by atoms with Crippen LogP contribution in [0.1, 0.15) is 55.5 Å². The molecular weight excluding hydrogens is 420 g/mol. The van der Waals surface area contributed by atoms with Crippen LogP contribution < -0.4 is 25.8 Å². The number of methoxy groups -OCH3 is 1. The Labute approximate surface area is 192 Å². The van der Waals surface area contributed by atoms with Gasteiger partial charge in [-0.2, -0.15) is 5.10 Å². The van der Waals surface area contributed by atoms with Crippen LogP contribution in [0.25, 0.3) is 5.65 Å². The Kier molecular flexibility index (Phi) is 5.36. The summed E-state index contributed by atoms with van der Waals surface area (Å²) >= 11 is 0. The second-order valence-corrected chi connectivity index (χ2v) is 9.49. The predicted octanol–water partition coefficient (Wildman–Crippen LogP) is 3.39. The van der Waals surface area contributed by atoms with Gasteiger partial charge in [0.15, 0.2) is 5.65 Å². The van der Waals surface area contributed by atoms with Crippen molar-refractivity contribution in [3.05, 3.63) is 41.7 Å². The Morgan fingerprint density at radius 1 is 1.30 bits per heavy atom. The lowest BCUT2D eigenvalue weighted by atomic mass is 9.91. The number of nitrogens with two attached hydrogens (primary N) is 1. The lowest BCUT2D eigenvalue weighted by Gasteiger charge is -2.29. The minimum absolute atomic E-state index is 0.102. The normalized spacial score (nSPS) is 21.3. The molecule has 5 rings (SSSR count). The third kappa shape index (κ3) is 4.20. The molecule has 9 nitrogen and oxygen atoms in total. The van der Waals surface area contributed by atoms with Gasteiger partial charge < -0.3 is 25.8 Å². The number of fused-ring (bicyclic) bond motifs is 2. The zero-order valence-corrected chi connectivity index (χ0v) is 19.2. The summed E-state index contributed by atoms with van der Waals surface area (Å²) in [6.45, 7) is 4.07. The number of anilines is 2. The SMILES string of the molecule is COc1cc2c(cc1NC(=O)c1cnn3ccc(N[C@@H]4CCCC[C@@H]4N)nc13)CC(C)(C)O2. The van der Waals surface area contributed by atoms with Gasteiger partial charge in [-0.1, -0.05) is 12.8 Å². The number of rotatable bonds is 5. The molecule has 2 aliphatic rings. The molecule has 9 heteroatoms. The summed E-state index contributed by atoms with van der Waals surface area (Å²) in [5, 5.41) is 10.7. The van der Waals surface area contributed by atoms with Crippen LogP contribution in [0.5, 0.6) is 11.5 Å². The van der Waals surface area contributed by atoms with Crippen molar-refractivity contribution >= 4 is 23.1 Å². The van der Waals surface area contributed by atoms with Crippen LogP contribution in [0.4, 0.5) is 11.5 Å². The summed E-state index contributed by atoms with van der Waals surface area (Å²) < 4.78 is 13.1. The second kappa shape index (κ2) is 8.22. The van der Waals surface area contributed by atoms with Crippen LogP contribution in [0.15, 0.2) is 30.6 Å². The summed E-state index contributed by atoms with van der Waals surface area (Å²) in [5.74, 6) is 1.70. The molecule has 33 heavy (non-hydrogen) atoms. The van der Waals surface area contributed by atoms with Gasteiger partial charge in [0.1, 0.15) is 28.5 Å². The fourth-order valence-corrected chi connectivity index (χ4v) is 4.73. The van der Waals surface area contributed by atoms with E-state index in [1.807, 2.05) is 32.0 Å². The van der Waals surface area contributed by atoms with Crippen molar-refractivity contribution in [2.45, 2.75) is 63.6 Å². The first kappa shape index (κ1) is 21.5. The number of aromatic nitrogens is 3. The molecule has 1 amide bonds. The zero-order valence-electron chi connectivity index (χ0n) is 19.2. The predicted molar refractivity (Wildman–Crippen MR) is 126 cm³/mol. The molecule has 3 heterocycles. The van der Waals surface area contributed by atoms with E-state index < -0.39 is 0 Å². The Morgan fingerprint density at radius 2 is 2.12 bits per heavy atom. The fraction of sp³-hybridized carbons (Fsp3) is 0.458. The number of hydrogen-bond donors (Lipinski definition) is 3. The van der Waals surface area contributed by atoms with Crippen molar-refractivity contribution in [3.8, 4) is 11.5 Å². The molecule has 3 aromatic rings. The van der Waals surface area contributed by atoms with Crippen LogP contribution in [0.2, 0.25) is 0 Å². The first-order chi connectivity index (χ1) is 15.8. The Morgan fingerprint density at radius 3 is 2.91 bits per heavy atom. The van der Waals surface area contributed by atoms with Gasteiger partial charge in [-0.15, -0.1) is 0 Å². The van der Waals surface area contributed by atoms with Crippen LogP contribution in [0.3, 0.4) is 0 Å². The molecule has 0 saturated heterocycles. The highest BCUT2D eigenvalue weighted by molar-refractivity contribution is 6.09. The van der Waals surface area contributed by atoms with Gasteiger partial charge in [-0.05, 0) is 38.8 Å². The quantitative estimate of drug-likeness (QED) is 0.546. The van der Waals surface area contributed by atoms with Crippen molar-refractivity contribution in [2.24, 2.45) is 5.73 Å². The molecule has 0 unspecified atom stereocenters. The first-order valence-corrected chi connectivity index (χ1v) is 11.4. The smallest absolute Gasteiger partial charge is 0.261 e. The third-order valence-electron chi connectivity index (χ3n) is 6.40. The number of ether oxygens (including phenoxy) is 2. The minimum atomic E-state index is -0.305. The molecule has 4 N–H and O–H groups in total. The Bertz CT molecular complexity index is 1200. The fourth-order valence-electron chi connectivity index (χ4n) is 4.73. The van der Waals surface area contributed by atoms with Crippen molar-refractivity contribution in [1.82, 2.24) is 14.6 Å². The van der Waals surface area contributed by atoms with E-state index in [9.17, 15) is 4.79 Å². The van der Waals surface area contributed by atoms with Gasteiger partial charge in [0.2, 0.25) is 0 Å². The van der Waals surface area contributed by atoms with Crippen molar-refractivity contribution in [2.75, 3.05) is 17.7 Å². The summed E-state index contributed by atoms with van der Waals surface area (Å²) in [4.78, 5) is 17.9. The summed E-state index contributed by atoms with van der Waals surface area (Å²) in [7, 11) is 1.57. The monoisotopic (exact) mass is 450 g/mol. The number of hydrogen-bond acceptors (Lipinski definition) is 7. The molecule has 1 aliphatic carbocycles. The molecular formula is C24H30N6O3. The highest BCUT2D eigenvalue weighted by Crippen LogP contribution is 2.41. The maximum absolute atomic E-state index is 13.2.